The molecule has 0 fully saturated rings. The number of hydrogen-bond acceptors (Lipinski definition) is 2. The minimum Gasteiger partial charge on any atom is -0.310 e. The molecule has 0 saturated carbocycles. The molecule has 96 valence electrons. The number of nitrogens with zero attached hydrogens (tertiary/aromatic N) is 2. The van der Waals surface area contributed by atoms with Gasteiger partial charge in [0.1, 0.15) is 5.82 Å². The van der Waals surface area contributed by atoms with Crippen LogP contribution in [0.3, 0.4) is 0 Å². The standard InChI is InChI=1S/C14H18FN3/c1-11(12-4-3-5-13(15)10-12)16-8-6-14-7-9-17-18(14)2/h3-5,7,9-11,16H,6,8H2,1-2H3. The molecule has 4 heteroatoms. The van der Waals surface area contributed by atoms with Gasteiger partial charge in [-0.3, -0.25) is 4.68 Å². The van der Waals surface area contributed by atoms with Crippen molar-refractivity contribution in [1.82, 2.24) is 15.1 Å². The third-order valence-electron chi connectivity index (χ3n) is 3.10. The number of aromatic nitrogens is 2. The van der Waals surface area contributed by atoms with E-state index in [1.54, 1.807) is 18.3 Å². The lowest BCUT2D eigenvalue weighted by Crippen LogP contribution is -2.22. The molecule has 0 radical (unpaired) electrons. The van der Waals surface area contributed by atoms with Crippen LogP contribution in [0.2, 0.25) is 0 Å². The molecule has 1 unspecified atom stereocenters. The molecule has 2 aromatic rings. The third kappa shape index (κ3) is 3.17. The lowest BCUT2D eigenvalue weighted by molar-refractivity contribution is 0.557. The molecule has 0 saturated heterocycles. The van der Waals surface area contributed by atoms with Crippen LogP contribution in [0.4, 0.5) is 4.39 Å². The lowest BCUT2D eigenvalue weighted by atomic mass is 10.1. The van der Waals surface area contributed by atoms with Gasteiger partial charge in [0.05, 0.1) is 0 Å². The summed E-state index contributed by atoms with van der Waals surface area (Å²) < 4.78 is 15.0. The quantitative estimate of drug-likeness (QED) is 0.879. The zero-order valence-electron chi connectivity index (χ0n) is 10.7. The van der Waals surface area contributed by atoms with Gasteiger partial charge in [-0.05, 0) is 30.7 Å². The second-order valence-electron chi connectivity index (χ2n) is 4.43. The van der Waals surface area contributed by atoms with Gasteiger partial charge in [0, 0.05) is 37.9 Å². The van der Waals surface area contributed by atoms with Crippen LogP contribution in [0.1, 0.15) is 24.2 Å². The van der Waals surface area contributed by atoms with Crippen LogP contribution in [-0.2, 0) is 13.5 Å². The Morgan fingerprint density at radius 1 is 1.39 bits per heavy atom. The summed E-state index contributed by atoms with van der Waals surface area (Å²) in [5.41, 5.74) is 2.16. The van der Waals surface area contributed by atoms with Crippen LogP contribution < -0.4 is 5.32 Å². The smallest absolute Gasteiger partial charge is 0.123 e. The minimum absolute atomic E-state index is 0.147. The average Bonchev–Trinajstić information content (AvgIpc) is 2.75. The number of nitrogens with one attached hydrogen (secondary N) is 1. The van der Waals surface area contributed by atoms with Gasteiger partial charge in [-0.15, -0.1) is 0 Å². The predicted octanol–water partition coefficient (Wildman–Crippen LogP) is 2.45. The van der Waals surface area contributed by atoms with Gasteiger partial charge in [0.25, 0.3) is 0 Å². The summed E-state index contributed by atoms with van der Waals surface area (Å²) in [6, 6.07) is 8.87. The Hall–Kier alpha value is -1.68. The van der Waals surface area contributed by atoms with Crippen LogP contribution in [0.25, 0.3) is 0 Å². The summed E-state index contributed by atoms with van der Waals surface area (Å²) in [5.74, 6) is -0.187. The normalized spacial score (nSPS) is 12.6. The second-order valence-corrected chi connectivity index (χ2v) is 4.43. The fraction of sp³-hybridized carbons (Fsp3) is 0.357. The highest BCUT2D eigenvalue weighted by atomic mass is 19.1. The topological polar surface area (TPSA) is 29.9 Å². The SMILES string of the molecule is CC(NCCc1ccnn1C)c1cccc(F)c1. The molecule has 0 aliphatic rings. The van der Waals surface area contributed by atoms with Gasteiger partial charge in [0.2, 0.25) is 0 Å². The van der Waals surface area contributed by atoms with Crippen molar-refractivity contribution in [1.29, 1.82) is 0 Å². The second kappa shape index (κ2) is 5.78. The van der Waals surface area contributed by atoms with Crippen molar-refractivity contribution >= 4 is 0 Å². The maximum Gasteiger partial charge on any atom is 0.123 e. The first kappa shape index (κ1) is 12.8. The first-order valence-electron chi connectivity index (χ1n) is 6.12. The summed E-state index contributed by atoms with van der Waals surface area (Å²) in [4.78, 5) is 0. The molecule has 0 aliphatic heterocycles. The van der Waals surface area contributed by atoms with Crippen LogP contribution in [-0.4, -0.2) is 16.3 Å². The van der Waals surface area contributed by atoms with Crippen LogP contribution in [0.15, 0.2) is 36.5 Å². The summed E-state index contributed by atoms with van der Waals surface area (Å²) in [6.45, 7) is 2.88. The first-order valence-corrected chi connectivity index (χ1v) is 6.12. The summed E-state index contributed by atoms with van der Waals surface area (Å²) >= 11 is 0. The van der Waals surface area contributed by atoms with Gasteiger partial charge in [-0.25, -0.2) is 4.39 Å². The first-order chi connectivity index (χ1) is 8.66. The van der Waals surface area contributed by atoms with E-state index in [1.807, 2.05) is 30.8 Å². The van der Waals surface area contributed by atoms with Crippen molar-refractivity contribution in [3.63, 3.8) is 0 Å². The Kier molecular flexibility index (Phi) is 4.10. The summed E-state index contributed by atoms with van der Waals surface area (Å²) in [6.07, 6.45) is 2.71. The molecule has 1 heterocycles. The highest BCUT2D eigenvalue weighted by molar-refractivity contribution is 5.19. The Morgan fingerprint density at radius 3 is 2.89 bits per heavy atom. The molecule has 1 atom stereocenters. The van der Waals surface area contributed by atoms with Crippen LogP contribution in [0, 0.1) is 5.82 Å². The van der Waals surface area contributed by atoms with Gasteiger partial charge < -0.3 is 5.32 Å². The van der Waals surface area contributed by atoms with E-state index in [0.717, 1.165) is 18.5 Å². The van der Waals surface area contributed by atoms with Gasteiger partial charge >= 0.3 is 0 Å². The van der Waals surface area contributed by atoms with Gasteiger partial charge in [-0.1, -0.05) is 12.1 Å². The van der Waals surface area contributed by atoms with Gasteiger partial charge in [0.15, 0.2) is 0 Å². The van der Waals surface area contributed by atoms with Gasteiger partial charge in [-0.2, -0.15) is 5.10 Å². The summed E-state index contributed by atoms with van der Waals surface area (Å²) in [7, 11) is 1.94. The average molecular weight is 247 g/mol. The van der Waals surface area contributed by atoms with E-state index >= 15 is 0 Å². The van der Waals surface area contributed by atoms with Crippen molar-refractivity contribution < 1.29 is 4.39 Å². The van der Waals surface area contributed by atoms with E-state index in [4.69, 9.17) is 0 Å². The lowest BCUT2D eigenvalue weighted by Gasteiger charge is -2.14. The zero-order valence-corrected chi connectivity index (χ0v) is 10.7. The minimum atomic E-state index is -0.187. The molecule has 0 spiro atoms. The maximum atomic E-state index is 13.1. The molecular formula is C14H18FN3. The fourth-order valence-electron chi connectivity index (χ4n) is 1.96. The van der Waals surface area contributed by atoms with E-state index in [9.17, 15) is 4.39 Å². The molecule has 0 amide bonds. The van der Waals surface area contributed by atoms with Crippen molar-refractivity contribution in [2.45, 2.75) is 19.4 Å². The number of rotatable bonds is 5. The molecule has 1 aromatic carbocycles. The van der Waals surface area contributed by atoms with E-state index in [0.29, 0.717) is 0 Å². The Balaban J connectivity index is 1.85. The third-order valence-corrected chi connectivity index (χ3v) is 3.10. The molecule has 1 N–H and O–H groups in total. The maximum absolute atomic E-state index is 13.1. The Morgan fingerprint density at radius 2 is 2.22 bits per heavy atom. The largest absolute Gasteiger partial charge is 0.310 e. The molecule has 18 heavy (non-hydrogen) atoms. The number of halogens is 1. The van der Waals surface area contributed by atoms with Crippen molar-refractivity contribution in [3.8, 4) is 0 Å². The number of benzene rings is 1. The fourth-order valence-corrected chi connectivity index (χ4v) is 1.96. The molecule has 0 aliphatic carbocycles. The van der Waals surface area contributed by atoms with Crippen molar-refractivity contribution in [3.05, 3.63) is 53.6 Å². The molecule has 3 nitrogen and oxygen atoms in total. The van der Waals surface area contributed by atoms with Crippen molar-refractivity contribution in [2.24, 2.45) is 7.05 Å². The Labute approximate surface area is 107 Å². The van der Waals surface area contributed by atoms with E-state index in [-0.39, 0.29) is 11.9 Å². The predicted molar refractivity (Wildman–Crippen MR) is 69.7 cm³/mol. The monoisotopic (exact) mass is 247 g/mol. The molecule has 2 rings (SSSR count). The zero-order chi connectivity index (χ0) is 13.0. The van der Waals surface area contributed by atoms with E-state index in [2.05, 4.69) is 10.4 Å². The van der Waals surface area contributed by atoms with Crippen LogP contribution in [0.5, 0.6) is 0 Å². The van der Waals surface area contributed by atoms with Crippen molar-refractivity contribution in [2.75, 3.05) is 6.54 Å². The molecule has 0 bridgehead atoms. The van der Waals surface area contributed by atoms with E-state index < -0.39 is 0 Å². The highest BCUT2D eigenvalue weighted by Gasteiger charge is 2.06. The van der Waals surface area contributed by atoms with E-state index in [1.165, 1.54) is 11.8 Å². The Bertz CT molecular complexity index is 507. The number of hydrogen-bond donors (Lipinski definition) is 1. The highest BCUT2D eigenvalue weighted by Crippen LogP contribution is 2.13. The molecular weight excluding hydrogens is 229 g/mol. The number of aryl methyl sites for hydroxylation is 1. The molecule has 1 aromatic heterocycles. The summed E-state index contributed by atoms with van der Waals surface area (Å²) in [5, 5.41) is 7.51. The van der Waals surface area contributed by atoms with Crippen LogP contribution >= 0.6 is 0 Å².